The number of nitrogens with two attached hydrogens (primary N) is 1. The molecule has 3 heteroatoms. The third kappa shape index (κ3) is 2.00. The lowest BCUT2D eigenvalue weighted by Crippen LogP contribution is -2.09. The smallest absolute Gasteiger partial charge is 0.115 e. The van der Waals surface area contributed by atoms with Crippen molar-refractivity contribution in [2.45, 2.75) is 6.04 Å². The van der Waals surface area contributed by atoms with Crippen LogP contribution >= 0.6 is 12.2 Å². The molecule has 0 aliphatic heterocycles. The first-order chi connectivity index (χ1) is 5.24. The quantitative estimate of drug-likeness (QED) is 0.654. The summed E-state index contributed by atoms with van der Waals surface area (Å²) in [5.74, 6) is 0.241. The number of phenolic OH excluding ortho intramolecular Hbond substituents is 1. The van der Waals surface area contributed by atoms with Crippen LogP contribution in [0.2, 0.25) is 0 Å². The van der Waals surface area contributed by atoms with Crippen LogP contribution in [0.1, 0.15) is 11.6 Å². The molecule has 11 heavy (non-hydrogen) atoms. The summed E-state index contributed by atoms with van der Waals surface area (Å²) >= 11 is 4.68. The van der Waals surface area contributed by atoms with E-state index in [4.69, 9.17) is 10.8 Å². The van der Waals surface area contributed by atoms with Gasteiger partial charge in [0.2, 0.25) is 0 Å². The average molecular weight is 167 g/mol. The molecule has 0 bridgehead atoms. The maximum absolute atomic E-state index is 8.93. The van der Waals surface area contributed by atoms with Crippen LogP contribution in [0.4, 0.5) is 0 Å². The Morgan fingerprint density at radius 2 is 1.91 bits per heavy atom. The molecule has 0 aliphatic carbocycles. The van der Waals surface area contributed by atoms with Gasteiger partial charge in [0, 0.05) is 5.37 Å². The van der Waals surface area contributed by atoms with E-state index < -0.39 is 0 Å². The van der Waals surface area contributed by atoms with Gasteiger partial charge in [0.1, 0.15) is 5.75 Å². The van der Waals surface area contributed by atoms with Crippen LogP contribution < -0.4 is 5.73 Å². The standard InChI is InChI=1S/C8H9NOS/c9-8(5-11)6-1-3-7(10)4-2-6/h1-5,8,10H,9H2. The molecule has 0 aromatic heterocycles. The van der Waals surface area contributed by atoms with Gasteiger partial charge in [-0.05, 0) is 17.7 Å². The number of hydrogen-bond donors (Lipinski definition) is 2. The van der Waals surface area contributed by atoms with E-state index in [-0.39, 0.29) is 11.8 Å². The van der Waals surface area contributed by atoms with E-state index in [0.29, 0.717) is 0 Å². The molecule has 1 aromatic carbocycles. The molecular formula is C8H9NOS. The van der Waals surface area contributed by atoms with Crippen molar-refractivity contribution in [3.63, 3.8) is 0 Å². The monoisotopic (exact) mass is 167 g/mol. The van der Waals surface area contributed by atoms with Gasteiger partial charge in [-0.15, -0.1) is 0 Å². The highest BCUT2D eigenvalue weighted by molar-refractivity contribution is 7.79. The molecule has 3 N–H and O–H groups in total. The molecular weight excluding hydrogens is 158 g/mol. The molecule has 0 spiro atoms. The second kappa shape index (κ2) is 3.46. The Morgan fingerprint density at radius 1 is 1.36 bits per heavy atom. The van der Waals surface area contributed by atoms with Gasteiger partial charge in [-0.1, -0.05) is 24.4 Å². The summed E-state index contributed by atoms with van der Waals surface area (Å²) in [4.78, 5) is 0. The molecule has 2 nitrogen and oxygen atoms in total. The Labute approximate surface area is 70.7 Å². The molecule has 1 aromatic rings. The number of rotatable bonds is 2. The van der Waals surface area contributed by atoms with E-state index in [1.807, 2.05) is 0 Å². The van der Waals surface area contributed by atoms with Crippen molar-refractivity contribution < 1.29 is 5.11 Å². The topological polar surface area (TPSA) is 46.2 Å². The fourth-order valence-corrected chi connectivity index (χ4v) is 0.932. The molecule has 1 rings (SSSR count). The molecule has 0 saturated carbocycles. The van der Waals surface area contributed by atoms with Crippen LogP contribution in [0, 0.1) is 0 Å². The SMILES string of the molecule is NC(C=S)c1ccc(O)cc1. The summed E-state index contributed by atoms with van der Waals surface area (Å²) in [5.41, 5.74) is 6.52. The van der Waals surface area contributed by atoms with Crippen LogP contribution in [-0.2, 0) is 0 Å². The van der Waals surface area contributed by atoms with Gasteiger partial charge in [0.25, 0.3) is 0 Å². The number of benzene rings is 1. The molecule has 0 heterocycles. The fraction of sp³-hybridized carbons (Fsp3) is 0.125. The minimum Gasteiger partial charge on any atom is -0.508 e. The van der Waals surface area contributed by atoms with Gasteiger partial charge in [-0.25, -0.2) is 0 Å². The summed E-state index contributed by atoms with van der Waals surface area (Å²) in [6, 6.07) is 6.47. The Kier molecular flexibility index (Phi) is 2.57. The van der Waals surface area contributed by atoms with Crippen LogP contribution in [0.3, 0.4) is 0 Å². The molecule has 0 amide bonds. The van der Waals surface area contributed by atoms with Crippen molar-refractivity contribution in [2.75, 3.05) is 0 Å². The lowest BCUT2D eigenvalue weighted by atomic mass is 10.1. The van der Waals surface area contributed by atoms with Crippen LogP contribution in [0.25, 0.3) is 0 Å². The van der Waals surface area contributed by atoms with E-state index in [2.05, 4.69) is 12.2 Å². The normalized spacial score (nSPS) is 12.5. The first kappa shape index (κ1) is 8.17. The second-order valence-corrected chi connectivity index (χ2v) is 2.53. The minimum atomic E-state index is -0.217. The predicted octanol–water partition coefficient (Wildman–Crippen LogP) is 1.39. The van der Waals surface area contributed by atoms with Crippen molar-refractivity contribution >= 4 is 17.6 Å². The Hall–Kier alpha value is -0.930. The third-order valence-electron chi connectivity index (χ3n) is 1.42. The molecule has 1 atom stereocenters. The largest absolute Gasteiger partial charge is 0.508 e. The van der Waals surface area contributed by atoms with Crippen molar-refractivity contribution in [1.82, 2.24) is 0 Å². The van der Waals surface area contributed by atoms with E-state index in [1.54, 1.807) is 24.3 Å². The molecule has 0 saturated heterocycles. The summed E-state index contributed by atoms with van der Waals surface area (Å²) in [6.45, 7) is 0. The van der Waals surface area contributed by atoms with E-state index >= 15 is 0 Å². The maximum atomic E-state index is 8.93. The van der Waals surface area contributed by atoms with Gasteiger partial charge in [0.05, 0.1) is 6.04 Å². The first-order valence-corrected chi connectivity index (χ1v) is 3.71. The highest BCUT2D eigenvalue weighted by Gasteiger charge is 1.99. The summed E-state index contributed by atoms with van der Waals surface area (Å²) < 4.78 is 0. The summed E-state index contributed by atoms with van der Waals surface area (Å²) in [5, 5.41) is 10.4. The van der Waals surface area contributed by atoms with Crippen molar-refractivity contribution in [2.24, 2.45) is 5.73 Å². The average Bonchev–Trinajstić information content (AvgIpc) is 2.05. The fourth-order valence-electron chi connectivity index (χ4n) is 0.775. The highest BCUT2D eigenvalue weighted by atomic mass is 32.1. The van der Waals surface area contributed by atoms with Crippen molar-refractivity contribution in [3.8, 4) is 5.75 Å². The zero-order chi connectivity index (χ0) is 8.27. The summed E-state index contributed by atoms with van der Waals surface area (Å²) in [7, 11) is 0. The van der Waals surface area contributed by atoms with Crippen molar-refractivity contribution in [3.05, 3.63) is 29.8 Å². The van der Waals surface area contributed by atoms with Gasteiger partial charge in [0.15, 0.2) is 0 Å². The molecule has 58 valence electrons. The molecule has 0 fully saturated rings. The number of hydrogen-bond acceptors (Lipinski definition) is 3. The van der Waals surface area contributed by atoms with Crippen LogP contribution in [-0.4, -0.2) is 10.5 Å². The van der Waals surface area contributed by atoms with Crippen molar-refractivity contribution in [1.29, 1.82) is 0 Å². The number of phenols is 1. The second-order valence-electron chi connectivity index (χ2n) is 2.25. The van der Waals surface area contributed by atoms with Gasteiger partial charge >= 0.3 is 0 Å². The van der Waals surface area contributed by atoms with Crippen LogP contribution in [0.15, 0.2) is 24.3 Å². The minimum absolute atomic E-state index is 0.217. The Morgan fingerprint density at radius 3 is 2.36 bits per heavy atom. The molecule has 0 aliphatic rings. The summed E-state index contributed by atoms with van der Waals surface area (Å²) in [6.07, 6.45) is 0. The van der Waals surface area contributed by atoms with Gasteiger partial charge in [-0.2, -0.15) is 0 Å². The third-order valence-corrected chi connectivity index (χ3v) is 1.72. The molecule has 0 radical (unpaired) electrons. The number of aromatic hydroxyl groups is 1. The predicted molar refractivity (Wildman–Crippen MR) is 48.7 cm³/mol. The van der Waals surface area contributed by atoms with E-state index in [9.17, 15) is 0 Å². The Bertz CT molecular complexity index is 245. The zero-order valence-corrected chi connectivity index (χ0v) is 6.71. The van der Waals surface area contributed by atoms with E-state index in [0.717, 1.165) is 5.56 Å². The first-order valence-electron chi connectivity index (χ1n) is 3.24. The highest BCUT2D eigenvalue weighted by Crippen LogP contribution is 2.13. The Balaban J connectivity index is 2.89. The molecule has 1 unspecified atom stereocenters. The van der Waals surface area contributed by atoms with E-state index in [1.165, 1.54) is 5.37 Å². The lowest BCUT2D eigenvalue weighted by Gasteiger charge is -2.04. The maximum Gasteiger partial charge on any atom is 0.115 e. The van der Waals surface area contributed by atoms with Crippen LogP contribution in [0.5, 0.6) is 5.75 Å². The van der Waals surface area contributed by atoms with Gasteiger partial charge in [-0.3, -0.25) is 0 Å². The zero-order valence-electron chi connectivity index (χ0n) is 5.90. The lowest BCUT2D eigenvalue weighted by molar-refractivity contribution is 0.475. The van der Waals surface area contributed by atoms with Gasteiger partial charge < -0.3 is 10.8 Å². The number of thiocarbonyl (C=S) groups is 1.